The summed E-state index contributed by atoms with van der Waals surface area (Å²) in [4.78, 5) is 23.6. The zero-order chi connectivity index (χ0) is 17.5. The van der Waals surface area contributed by atoms with Crippen LogP contribution in [0, 0.1) is 0 Å². The van der Waals surface area contributed by atoms with E-state index in [1.807, 2.05) is 44.2 Å². The van der Waals surface area contributed by atoms with E-state index >= 15 is 0 Å². The Morgan fingerprint density at radius 2 is 1.65 bits per heavy atom. The second-order valence-electron chi connectivity index (χ2n) is 6.51. The van der Waals surface area contributed by atoms with Gasteiger partial charge in [-0.2, -0.15) is 0 Å². The smallest absolute Gasteiger partial charge is 0.408 e. The summed E-state index contributed by atoms with van der Waals surface area (Å²) in [5.41, 5.74) is 0.233. The molecule has 0 unspecified atom stereocenters. The third-order valence-electron chi connectivity index (χ3n) is 2.68. The van der Waals surface area contributed by atoms with Crippen LogP contribution < -0.4 is 10.6 Å². The van der Waals surface area contributed by atoms with E-state index in [4.69, 9.17) is 9.47 Å². The lowest BCUT2D eigenvalue weighted by Crippen LogP contribution is -2.38. The first-order valence-corrected chi connectivity index (χ1v) is 7.65. The molecule has 23 heavy (non-hydrogen) atoms. The molecule has 6 nitrogen and oxygen atoms in total. The van der Waals surface area contributed by atoms with Crippen LogP contribution in [0.3, 0.4) is 0 Å². The molecule has 0 aliphatic rings. The zero-order valence-corrected chi connectivity index (χ0v) is 14.4. The van der Waals surface area contributed by atoms with Gasteiger partial charge in [0.2, 0.25) is 0 Å². The Kier molecular flexibility index (Phi) is 6.88. The van der Waals surface area contributed by atoms with Crippen LogP contribution in [-0.4, -0.2) is 30.4 Å². The topological polar surface area (TPSA) is 76.7 Å². The van der Waals surface area contributed by atoms with E-state index in [1.165, 1.54) is 0 Å². The predicted octanol–water partition coefficient (Wildman–Crippen LogP) is 3.39. The molecule has 0 spiro atoms. The quantitative estimate of drug-likeness (QED) is 0.871. The van der Waals surface area contributed by atoms with Crippen molar-refractivity contribution in [3.05, 3.63) is 35.9 Å². The number of benzene rings is 1. The molecule has 1 aromatic rings. The monoisotopic (exact) mass is 322 g/mol. The number of ether oxygens (including phenoxy) is 2. The van der Waals surface area contributed by atoms with Crippen LogP contribution >= 0.6 is 0 Å². The lowest BCUT2D eigenvalue weighted by molar-refractivity contribution is 0.0469. The Labute approximate surface area is 137 Å². The maximum atomic E-state index is 12.0. The molecule has 1 aromatic carbocycles. The van der Waals surface area contributed by atoms with Crippen LogP contribution in [-0.2, 0) is 9.47 Å². The molecule has 0 aromatic heterocycles. The highest BCUT2D eigenvalue weighted by Crippen LogP contribution is 2.15. The van der Waals surface area contributed by atoms with Gasteiger partial charge in [0.1, 0.15) is 12.2 Å². The van der Waals surface area contributed by atoms with Crippen LogP contribution in [0.25, 0.3) is 0 Å². The molecule has 0 bridgehead atoms. The van der Waals surface area contributed by atoms with Crippen molar-refractivity contribution in [3.63, 3.8) is 0 Å². The van der Waals surface area contributed by atoms with Gasteiger partial charge in [-0.25, -0.2) is 9.59 Å². The van der Waals surface area contributed by atoms with Crippen molar-refractivity contribution in [3.8, 4) is 0 Å². The van der Waals surface area contributed by atoms with Crippen LogP contribution in [0.2, 0.25) is 0 Å². The Hall–Kier alpha value is -2.24. The molecular weight excluding hydrogens is 296 g/mol. The number of rotatable bonds is 5. The molecular formula is C17H26N2O4. The van der Waals surface area contributed by atoms with Crippen molar-refractivity contribution in [2.24, 2.45) is 0 Å². The van der Waals surface area contributed by atoms with Gasteiger partial charge in [-0.15, -0.1) is 0 Å². The highest BCUT2D eigenvalue weighted by molar-refractivity contribution is 5.69. The van der Waals surface area contributed by atoms with Crippen LogP contribution in [0.5, 0.6) is 0 Å². The van der Waals surface area contributed by atoms with Gasteiger partial charge >= 0.3 is 12.2 Å². The highest BCUT2D eigenvalue weighted by Gasteiger charge is 2.21. The molecule has 0 heterocycles. The highest BCUT2D eigenvalue weighted by atomic mass is 16.6. The molecule has 1 atom stereocenters. The van der Waals surface area contributed by atoms with Gasteiger partial charge in [0.25, 0.3) is 0 Å². The van der Waals surface area contributed by atoms with E-state index in [0.717, 1.165) is 5.56 Å². The fraction of sp³-hybridized carbons (Fsp3) is 0.529. The van der Waals surface area contributed by atoms with Crippen LogP contribution in [0.1, 0.15) is 46.2 Å². The number of nitrogens with one attached hydrogen (secondary N) is 2. The molecule has 0 saturated heterocycles. The minimum absolute atomic E-state index is 0.0157. The molecule has 1 rings (SSSR count). The Bertz CT molecular complexity index is 509. The minimum Gasteiger partial charge on any atom is -0.447 e. The summed E-state index contributed by atoms with van der Waals surface area (Å²) in [5.74, 6) is 0. The van der Waals surface area contributed by atoms with Gasteiger partial charge in [0, 0.05) is 6.04 Å². The SMILES string of the molecule is CC(C)NC(=O)OC[C@@H](NC(=O)OC(C)(C)C)c1ccccc1. The fourth-order valence-electron chi connectivity index (χ4n) is 1.79. The summed E-state index contributed by atoms with van der Waals surface area (Å²) in [6, 6.07) is 8.79. The normalized spacial score (nSPS) is 12.4. The predicted molar refractivity (Wildman–Crippen MR) is 88.2 cm³/mol. The van der Waals surface area contributed by atoms with E-state index < -0.39 is 23.8 Å². The molecule has 6 heteroatoms. The summed E-state index contributed by atoms with van der Waals surface area (Å²) in [5, 5.41) is 5.37. The van der Waals surface area contributed by atoms with Gasteiger partial charge in [-0.05, 0) is 40.2 Å². The second kappa shape index (κ2) is 8.41. The number of hydrogen-bond donors (Lipinski definition) is 2. The van der Waals surface area contributed by atoms with E-state index in [-0.39, 0.29) is 12.6 Å². The van der Waals surface area contributed by atoms with E-state index in [2.05, 4.69) is 10.6 Å². The zero-order valence-electron chi connectivity index (χ0n) is 14.4. The Morgan fingerprint density at radius 3 is 2.17 bits per heavy atom. The number of carbonyl (C=O) groups is 2. The van der Waals surface area contributed by atoms with Crippen molar-refractivity contribution in [2.75, 3.05) is 6.61 Å². The Balaban J connectivity index is 2.71. The molecule has 128 valence electrons. The largest absolute Gasteiger partial charge is 0.447 e. The van der Waals surface area contributed by atoms with Crippen molar-refractivity contribution in [2.45, 2.75) is 52.3 Å². The summed E-state index contributed by atoms with van der Waals surface area (Å²) < 4.78 is 10.4. The van der Waals surface area contributed by atoms with Crippen LogP contribution in [0.4, 0.5) is 9.59 Å². The molecule has 2 amide bonds. The first kappa shape index (κ1) is 18.8. The molecule has 2 N–H and O–H groups in total. The molecule has 0 fully saturated rings. The summed E-state index contributed by atoms with van der Waals surface area (Å²) in [6.07, 6.45) is -1.08. The lowest BCUT2D eigenvalue weighted by Gasteiger charge is -2.24. The van der Waals surface area contributed by atoms with Crippen molar-refractivity contribution >= 4 is 12.2 Å². The van der Waals surface area contributed by atoms with Gasteiger partial charge in [-0.1, -0.05) is 30.3 Å². The third-order valence-corrected chi connectivity index (χ3v) is 2.68. The number of hydrogen-bond acceptors (Lipinski definition) is 4. The van der Waals surface area contributed by atoms with Crippen molar-refractivity contribution < 1.29 is 19.1 Å². The minimum atomic E-state index is -0.596. The average Bonchev–Trinajstić information content (AvgIpc) is 2.41. The maximum Gasteiger partial charge on any atom is 0.408 e. The maximum absolute atomic E-state index is 12.0. The van der Waals surface area contributed by atoms with E-state index in [9.17, 15) is 9.59 Å². The fourth-order valence-corrected chi connectivity index (χ4v) is 1.79. The van der Waals surface area contributed by atoms with E-state index in [1.54, 1.807) is 20.8 Å². The average molecular weight is 322 g/mol. The Morgan fingerprint density at radius 1 is 1.04 bits per heavy atom. The molecule has 0 saturated carbocycles. The van der Waals surface area contributed by atoms with Gasteiger partial charge in [0.15, 0.2) is 0 Å². The first-order valence-electron chi connectivity index (χ1n) is 7.65. The van der Waals surface area contributed by atoms with Gasteiger partial charge in [-0.3, -0.25) is 0 Å². The van der Waals surface area contributed by atoms with Gasteiger partial charge < -0.3 is 20.1 Å². The second-order valence-corrected chi connectivity index (χ2v) is 6.51. The van der Waals surface area contributed by atoms with Crippen molar-refractivity contribution in [1.82, 2.24) is 10.6 Å². The number of carbonyl (C=O) groups excluding carboxylic acids is 2. The van der Waals surface area contributed by atoms with Crippen molar-refractivity contribution in [1.29, 1.82) is 0 Å². The summed E-state index contributed by atoms with van der Waals surface area (Å²) in [7, 11) is 0. The van der Waals surface area contributed by atoms with Crippen LogP contribution in [0.15, 0.2) is 30.3 Å². The first-order chi connectivity index (χ1) is 10.7. The molecule has 0 aliphatic heterocycles. The summed E-state index contributed by atoms with van der Waals surface area (Å²) in [6.45, 7) is 9.07. The number of amides is 2. The molecule has 0 aliphatic carbocycles. The summed E-state index contributed by atoms with van der Waals surface area (Å²) >= 11 is 0. The standard InChI is InChI=1S/C17H26N2O4/c1-12(2)18-15(20)22-11-14(13-9-7-6-8-10-13)19-16(21)23-17(3,4)5/h6-10,12,14H,11H2,1-5H3,(H,18,20)(H,19,21)/t14-/m1/s1. The molecule has 0 radical (unpaired) electrons. The third kappa shape index (κ3) is 8.09. The number of alkyl carbamates (subject to hydrolysis) is 2. The van der Waals surface area contributed by atoms with Gasteiger partial charge in [0.05, 0.1) is 6.04 Å². The lowest BCUT2D eigenvalue weighted by atomic mass is 10.1. The van der Waals surface area contributed by atoms with E-state index in [0.29, 0.717) is 0 Å².